The molecule has 1 atom stereocenters. The van der Waals surface area contributed by atoms with Gasteiger partial charge in [0.2, 0.25) is 15.9 Å². The van der Waals surface area contributed by atoms with Crippen LogP contribution in [0.25, 0.3) is 0 Å². The highest BCUT2D eigenvalue weighted by Crippen LogP contribution is 2.10. The van der Waals surface area contributed by atoms with Crippen LogP contribution in [0, 0.1) is 5.82 Å². The van der Waals surface area contributed by atoms with E-state index in [1.807, 2.05) is 0 Å². The van der Waals surface area contributed by atoms with Gasteiger partial charge in [-0.15, -0.1) is 0 Å². The van der Waals surface area contributed by atoms with Gasteiger partial charge in [-0.05, 0) is 43.3 Å². The van der Waals surface area contributed by atoms with E-state index in [-0.39, 0.29) is 4.90 Å². The summed E-state index contributed by atoms with van der Waals surface area (Å²) in [7, 11) is -3.91. The number of anilines is 1. The van der Waals surface area contributed by atoms with Crippen molar-refractivity contribution in [1.29, 1.82) is 0 Å². The number of halogens is 1. The monoisotopic (exact) mass is 323 g/mol. The van der Waals surface area contributed by atoms with Crippen LogP contribution < -0.4 is 10.0 Å². The summed E-state index contributed by atoms with van der Waals surface area (Å²) in [5, 5.41) is 2.49. The molecule has 8 heteroatoms. The second kappa shape index (κ2) is 6.63. The summed E-state index contributed by atoms with van der Waals surface area (Å²) in [4.78, 5) is 15.7. The number of rotatable bonds is 5. The smallest absolute Gasteiger partial charge is 0.243 e. The van der Waals surface area contributed by atoms with Crippen molar-refractivity contribution < 1.29 is 17.6 Å². The van der Waals surface area contributed by atoms with E-state index in [4.69, 9.17) is 0 Å². The number of amides is 1. The van der Waals surface area contributed by atoms with Gasteiger partial charge >= 0.3 is 0 Å². The molecule has 2 rings (SSSR count). The Balaban J connectivity index is 2.05. The molecule has 116 valence electrons. The highest BCUT2D eigenvalue weighted by molar-refractivity contribution is 7.89. The van der Waals surface area contributed by atoms with Crippen molar-refractivity contribution in [2.45, 2.75) is 17.9 Å². The highest BCUT2D eigenvalue weighted by atomic mass is 32.2. The van der Waals surface area contributed by atoms with Crippen LogP contribution in [-0.2, 0) is 14.8 Å². The first-order chi connectivity index (χ1) is 10.4. The normalized spacial score (nSPS) is 12.6. The largest absolute Gasteiger partial charge is 0.309 e. The first-order valence-corrected chi connectivity index (χ1v) is 7.86. The molecule has 22 heavy (non-hydrogen) atoms. The topological polar surface area (TPSA) is 88.2 Å². The number of carbonyl (C=O) groups excluding carboxylic acids is 1. The third-order valence-corrected chi connectivity index (χ3v) is 4.32. The average Bonchev–Trinajstić information content (AvgIpc) is 2.48. The lowest BCUT2D eigenvalue weighted by Crippen LogP contribution is -2.41. The second-order valence-corrected chi connectivity index (χ2v) is 6.22. The lowest BCUT2D eigenvalue weighted by molar-refractivity contribution is -0.117. The van der Waals surface area contributed by atoms with E-state index in [0.717, 1.165) is 24.3 Å². The van der Waals surface area contributed by atoms with Crippen LogP contribution in [0.3, 0.4) is 0 Å². The van der Waals surface area contributed by atoms with Crippen molar-refractivity contribution in [2.24, 2.45) is 0 Å². The SMILES string of the molecule is CC(NS(=O)(=O)c1ccc(F)cc1)C(=O)Nc1ccccn1. The van der Waals surface area contributed by atoms with E-state index in [9.17, 15) is 17.6 Å². The van der Waals surface area contributed by atoms with Gasteiger partial charge in [0, 0.05) is 6.20 Å². The summed E-state index contributed by atoms with van der Waals surface area (Å²) >= 11 is 0. The van der Waals surface area contributed by atoms with Crippen LogP contribution in [0.4, 0.5) is 10.2 Å². The van der Waals surface area contributed by atoms with Gasteiger partial charge in [-0.25, -0.2) is 17.8 Å². The molecule has 0 spiro atoms. The number of pyridine rings is 1. The fourth-order valence-electron chi connectivity index (χ4n) is 1.64. The second-order valence-electron chi connectivity index (χ2n) is 4.50. The summed E-state index contributed by atoms with van der Waals surface area (Å²) in [6.07, 6.45) is 1.50. The summed E-state index contributed by atoms with van der Waals surface area (Å²) < 4.78 is 39.2. The molecule has 0 saturated carbocycles. The summed E-state index contributed by atoms with van der Waals surface area (Å²) in [6.45, 7) is 1.40. The Morgan fingerprint density at radius 1 is 1.18 bits per heavy atom. The van der Waals surface area contributed by atoms with Gasteiger partial charge in [0.15, 0.2) is 0 Å². The molecular weight excluding hydrogens is 309 g/mol. The van der Waals surface area contributed by atoms with Crippen molar-refractivity contribution in [3.63, 3.8) is 0 Å². The van der Waals surface area contributed by atoms with Crippen molar-refractivity contribution in [2.75, 3.05) is 5.32 Å². The van der Waals surface area contributed by atoms with Crippen LogP contribution in [0.15, 0.2) is 53.6 Å². The molecule has 0 saturated heterocycles. The van der Waals surface area contributed by atoms with Gasteiger partial charge in [0.05, 0.1) is 10.9 Å². The summed E-state index contributed by atoms with van der Waals surface area (Å²) in [5.74, 6) is -0.774. The number of carbonyl (C=O) groups is 1. The molecule has 1 heterocycles. The minimum absolute atomic E-state index is 0.119. The number of aromatic nitrogens is 1. The maximum atomic E-state index is 12.8. The first kappa shape index (κ1) is 16.1. The Labute approximate surface area is 127 Å². The van der Waals surface area contributed by atoms with Gasteiger partial charge in [0.25, 0.3) is 0 Å². The van der Waals surface area contributed by atoms with Gasteiger partial charge in [0.1, 0.15) is 11.6 Å². The van der Waals surface area contributed by atoms with Gasteiger partial charge < -0.3 is 5.32 Å². The van der Waals surface area contributed by atoms with E-state index in [0.29, 0.717) is 5.82 Å². The standard InChI is InChI=1S/C14H14FN3O3S/c1-10(14(19)17-13-4-2-3-9-16-13)18-22(20,21)12-7-5-11(15)6-8-12/h2-10,18H,1H3,(H,16,17,19). The van der Waals surface area contributed by atoms with Crippen LogP contribution in [0.5, 0.6) is 0 Å². The Hall–Kier alpha value is -2.32. The van der Waals surface area contributed by atoms with Crippen LogP contribution >= 0.6 is 0 Å². The predicted molar refractivity (Wildman–Crippen MR) is 79.1 cm³/mol. The third-order valence-electron chi connectivity index (χ3n) is 2.77. The zero-order chi connectivity index (χ0) is 16.2. The molecule has 2 N–H and O–H groups in total. The molecule has 1 unspecified atom stereocenters. The Morgan fingerprint density at radius 3 is 2.45 bits per heavy atom. The first-order valence-electron chi connectivity index (χ1n) is 6.38. The van der Waals surface area contributed by atoms with Crippen LogP contribution in [-0.4, -0.2) is 25.4 Å². The predicted octanol–water partition coefficient (Wildman–Crippen LogP) is 1.53. The zero-order valence-electron chi connectivity index (χ0n) is 11.7. The Kier molecular flexibility index (Phi) is 4.84. The zero-order valence-corrected chi connectivity index (χ0v) is 12.5. The number of sulfonamides is 1. The van der Waals surface area contributed by atoms with E-state index in [2.05, 4.69) is 15.0 Å². The Bertz CT molecular complexity index is 749. The molecule has 0 aliphatic rings. The number of nitrogens with one attached hydrogen (secondary N) is 2. The average molecular weight is 323 g/mol. The Morgan fingerprint density at radius 2 is 1.86 bits per heavy atom. The number of nitrogens with zero attached hydrogens (tertiary/aromatic N) is 1. The van der Waals surface area contributed by atoms with E-state index in [1.54, 1.807) is 18.2 Å². The molecule has 0 fully saturated rings. The quantitative estimate of drug-likeness (QED) is 0.873. The van der Waals surface area contributed by atoms with E-state index in [1.165, 1.54) is 13.1 Å². The van der Waals surface area contributed by atoms with E-state index >= 15 is 0 Å². The molecule has 1 amide bonds. The minimum Gasteiger partial charge on any atom is -0.309 e. The number of benzene rings is 1. The highest BCUT2D eigenvalue weighted by Gasteiger charge is 2.22. The summed E-state index contributed by atoms with van der Waals surface area (Å²) in [6, 6.07) is 8.27. The molecule has 2 aromatic rings. The molecule has 0 aliphatic heterocycles. The molecule has 0 aliphatic carbocycles. The van der Waals surface area contributed by atoms with Crippen LogP contribution in [0.2, 0.25) is 0 Å². The van der Waals surface area contributed by atoms with E-state index < -0.39 is 27.8 Å². The third kappa shape index (κ3) is 4.09. The maximum Gasteiger partial charge on any atom is 0.243 e. The molecule has 1 aromatic carbocycles. The van der Waals surface area contributed by atoms with Gasteiger partial charge in [-0.3, -0.25) is 4.79 Å². The number of hydrogen-bond acceptors (Lipinski definition) is 4. The summed E-state index contributed by atoms with van der Waals surface area (Å²) in [5.41, 5.74) is 0. The van der Waals surface area contributed by atoms with Crippen molar-refractivity contribution >= 4 is 21.7 Å². The minimum atomic E-state index is -3.91. The van der Waals surface area contributed by atoms with Gasteiger partial charge in [-0.2, -0.15) is 4.72 Å². The van der Waals surface area contributed by atoms with Crippen molar-refractivity contribution in [3.05, 3.63) is 54.5 Å². The fraction of sp³-hybridized carbons (Fsp3) is 0.143. The number of hydrogen-bond donors (Lipinski definition) is 2. The van der Waals surface area contributed by atoms with Crippen molar-refractivity contribution in [3.8, 4) is 0 Å². The van der Waals surface area contributed by atoms with Gasteiger partial charge in [-0.1, -0.05) is 6.07 Å². The molecular formula is C14H14FN3O3S. The van der Waals surface area contributed by atoms with Crippen molar-refractivity contribution in [1.82, 2.24) is 9.71 Å². The molecule has 1 aromatic heterocycles. The van der Waals surface area contributed by atoms with Crippen LogP contribution in [0.1, 0.15) is 6.92 Å². The molecule has 0 bridgehead atoms. The molecule has 6 nitrogen and oxygen atoms in total. The molecule has 0 radical (unpaired) electrons. The fourth-order valence-corrected chi connectivity index (χ4v) is 2.84. The lowest BCUT2D eigenvalue weighted by atomic mass is 10.3. The maximum absolute atomic E-state index is 12.8. The lowest BCUT2D eigenvalue weighted by Gasteiger charge is -2.14.